The lowest BCUT2D eigenvalue weighted by Crippen LogP contribution is -2.00. The van der Waals surface area contributed by atoms with Crippen molar-refractivity contribution in [3.63, 3.8) is 0 Å². The summed E-state index contributed by atoms with van der Waals surface area (Å²) in [7, 11) is 0. The third kappa shape index (κ3) is 5.01. The van der Waals surface area contributed by atoms with E-state index in [2.05, 4.69) is 4.57 Å². The molecule has 0 spiro atoms. The maximum Gasteiger partial charge on any atom is 0.114 e. The van der Waals surface area contributed by atoms with Crippen LogP contribution in [0.1, 0.15) is 30.6 Å². The van der Waals surface area contributed by atoms with Crippen LogP contribution in [0, 0.1) is 0 Å². The maximum absolute atomic E-state index is 9.37. The topological polar surface area (TPSA) is 17.8 Å². The van der Waals surface area contributed by atoms with Gasteiger partial charge in [-0.25, -0.2) is 4.98 Å². The number of aryl methyl sites for hydroxylation is 1. The fraction of sp³-hybridized carbons (Fsp3) is 0.0426. The first kappa shape index (κ1) is 18.3. The van der Waals surface area contributed by atoms with E-state index in [0.29, 0.717) is 17.5 Å². The fourth-order valence-electron chi connectivity index (χ4n) is 6.68. The van der Waals surface area contributed by atoms with Gasteiger partial charge < -0.3 is 0 Å². The molecule has 0 fully saturated rings. The Kier molecular flexibility index (Phi) is 4.52. The van der Waals surface area contributed by atoms with Crippen molar-refractivity contribution in [1.82, 2.24) is 9.55 Å². The van der Waals surface area contributed by atoms with Gasteiger partial charge in [0.05, 0.1) is 28.9 Å². The molecule has 9 rings (SSSR count). The van der Waals surface area contributed by atoms with E-state index in [-0.39, 0.29) is 43.8 Å². The van der Waals surface area contributed by atoms with Crippen molar-refractivity contribution < 1.29 is 17.8 Å². The smallest absolute Gasteiger partial charge is 0.114 e. The van der Waals surface area contributed by atoms with Crippen LogP contribution in [0.3, 0.4) is 0 Å². The van der Waals surface area contributed by atoms with Crippen molar-refractivity contribution in [2.45, 2.75) is 13.3 Å². The van der Waals surface area contributed by atoms with Gasteiger partial charge in [-0.1, -0.05) is 152 Å². The first-order chi connectivity index (χ1) is 29.7. The third-order valence-electron chi connectivity index (χ3n) is 8.87. The van der Waals surface area contributed by atoms with Crippen molar-refractivity contribution in [2.75, 3.05) is 0 Å². The molecule has 0 saturated heterocycles. The van der Waals surface area contributed by atoms with E-state index in [4.69, 9.17) is 17.3 Å². The first-order valence-corrected chi connectivity index (χ1v) is 16.0. The van der Waals surface area contributed by atoms with E-state index in [9.17, 15) is 5.48 Å². The predicted molar refractivity (Wildman–Crippen MR) is 207 cm³/mol. The highest BCUT2D eigenvalue weighted by molar-refractivity contribution is 6.21. The number of fused-ring (bicyclic) bond motifs is 3. The first-order valence-electron chi connectivity index (χ1n) is 22.5. The van der Waals surface area contributed by atoms with Crippen LogP contribution in [0.25, 0.3) is 82.8 Å². The molecule has 2 heteroatoms. The predicted octanol–water partition coefficient (Wildman–Crippen LogP) is 12.6. The van der Waals surface area contributed by atoms with E-state index < -0.39 is 78.6 Å². The van der Waals surface area contributed by atoms with Crippen LogP contribution in [0.5, 0.6) is 0 Å². The molecule has 0 aliphatic carbocycles. The zero-order chi connectivity index (χ0) is 44.0. The third-order valence-corrected chi connectivity index (χ3v) is 8.87. The highest BCUT2D eigenvalue weighted by Gasteiger charge is 2.17. The Hall–Kier alpha value is -6.25. The average Bonchev–Trinajstić information content (AvgIpc) is 3.68. The number of aromatic nitrogens is 2. The van der Waals surface area contributed by atoms with Gasteiger partial charge >= 0.3 is 0 Å². The SMILES string of the molecule is [2H]c1c([2H])c([2H])c(-c2ccc(-c3c4c([2H])c([2H])c([2H])c([2H])c4c(-c4cccc(-c5cccc(-n6c(CC)nc7ccccc76)c5)c4)c4c([2H])c([2H])c([2H])c([2H])c34)cc2)c([2H])c1[2H]. The molecule has 49 heavy (non-hydrogen) atoms. The van der Waals surface area contributed by atoms with Crippen molar-refractivity contribution in [1.29, 1.82) is 0 Å². The van der Waals surface area contributed by atoms with E-state index in [0.717, 1.165) is 33.7 Å². The maximum atomic E-state index is 9.37. The number of benzene rings is 8. The molecular formula is C47H34N2. The van der Waals surface area contributed by atoms with Gasteiger partial charge in [-0.3, -0.25) is 4.57 Å². The summed E-state index contributed by atoms with van der Waals surface area (Å²) in [5, 5.41) is 0.180. The summed E-state index contributed by atoms with van der Waals surface area (Å²) < 4.78 is 116. The minimum atomic E-state index is -0.533. The molecule has 0 aliphatic heterocycles. The molecule has 0 unspecified atom stereocenters. The highest BCUT2D eigenvalue weighted by atomic mass is 15.1. The van der Waals surface area contributed by atoms with Crippen LogP contribution >= 0.6 is 0 Å². The average molecular weight is 640 g/mol. The Morgan fingerprint density at radius 2 is 1.04 bits per heavy atom. The van der Waals surface area contributed by atoms with Crippen LogP contribution in [0.4, 0.5) is 0 Å². The monoisotopic (exact) mass is 639 g/mol. The zero-order valence-electron chi connectivity index (χ0n) is 39.3. The molecule has 0 N–H and O–H groups in total. The molecular weight excluding hydrogens is 593 g/mol. The molecule has 0 atom stereocenters. The normalized spacial score (nSPS) is 15.2. The number of nitrogens with zero attached hydrogens (tertiary/aromatic N) is 2. The number of para-hydroxylation sites is 2. The molecule has 232 valence electrons. The molecule has 1 aromatic heterocycles. The minimum Gasteiger partial charge on any atom is -0.296 e. The summed E-state index contributed by atoms with van der Waals surface area (Å²) in [5.41, 5.74) is 5.68. The summed E-state index contributed by atoms with van der Waals surface area (Å²) >= 11 is 0. The second-order valence-corrected chi connectivity index (χ2v) is 11.7. The number of rotatable bonds is 6. The van der Waals surface area contributed by atoms with Crippen LogP contribution in [-0.2, 0) is 6.42 Å². The molecule has 0 bridgehead atoms. The van der Waals surface area contributed by atoms with Crippen LogP contribution in [-0.4, -0.2) is 9.55 Å². The molecule has 9 aromatic rings. The van der Waals surface area contributed by atoms with Gasteiger partial charge in [0.1, 0.15) is 5.82 Å². The minimum absolute atomic E-state index is 0.0329. The Bertz CT molecular complexity index is 3270. The number of hydrogen-bond acceptors (Lipinski definition) is 1. The second kappa shape index (κ2) is 12.1. The summed E-state index contributed by atoms with van der Waals surface area (Å²) in [5.74, 6) is 0.891. The molecule has 0 aliphatic rings. The summed E-state index contributed by atoms with van der Waals surface area (Å²) in [6.07, 6.45) is 0.698. The lowest BCUT2D eigenvalue weighted by atomic mass is 9.85. The zero-order valence-corrected chi connectivity index (χ0v) is 26.3. The van der Waals surface area contributed by atoms with E-state index in [1.165, 1.54) is 12.1 Å². The van der Waals surface area contributed by atoms with Crippen LogP contribution in [0.15, 0.2) is 176 Å². The van der Waals surface area contributed by atoms with Crippen molar-refractivity contribution in [3.05, 3.63) is 181 Å². The Balaban J connectivity index is 1.33. The van der Waals surface area contributed by atoms with Gasteiger partial charge in [-0.15, -0.1) is 0 Å². The highest BCUT2D eigenvalue weighted by Crippen LogP contribution is 2.44. The lowest BCUT2D eigenvalue weighted by Gasteiger charge is -2.18. The molecule has 2 nitrogen and oxygen atoms in total. The number of hydrogen-bond donors (Lipinski definition) is 0. The van der Waals surface area contributed by atoms with Gasteiger partial charge in [-0.05, 0) is 96.4 Å². The van der Waals surface area contributed by atoms with Crippen molar-refractivity contribution in [2.24, 2.45) is 0 Å². The molecule has 0 amide bonds. The van der Waals surface area contributed by atoms with Gasteiger partial charge in [0.15, 0.2) is 0 Å². The summed E-state index contributed by atoms with van der Waals surface area (Å²) in [6.45, 7) is 2.05. The molecule has 0 saturated carbocycles. The molecule has 1 heterocycles. The quantitative estimate of drug-likeness (QED) is 0.166. The standard InChI is InChI=1S/C47H34N2/c1-2-45-48-43-24-10-11-25-44(43)49(45)38-19-13-17-36(31-38)35-16-12-18-37(30-35)47-41-22-8-6-20-39(41)46(40-21-7-9-23-42(40)47)34-28-26-33(27-29-34)32-14-4-3-5-15-32/h3-31H,2H2,1H3/i3D,4D,5D,6D,7D,8D,9D,14D,15D,20D,21D,22D,23D. The van der Waals surface area contributed by atoms with Crippen molar-refractivity contribution in [3.8, 4) is 50.2 Å². The Labute approximate surface area is 304 Å². The fourth-order valence-corrected chi connectivity index (χ4v) is 6.68. The van der Waals surface area contributed by atoms with Crippen LogP contribution in [0.2, 0.25) is 0 Å². The summed E-state index contributed by atoms with van der Waals surface area (Å²) in [6, 6.07) is 23.3. The molecule has 0 radical (unpaired) electrons. The van der Waals surface area contributed by atoms with Gasteiger partial charge in [-0.2, -0.15) is 0 Å². The number of imidazole rings is 1. The largest absolute Gasteiger partial charge is 0.296 e. The van der Waals surface area contributed by atoms with Crippen LogP contribution < -0.4 is 0 Å². The van der Waals surface area contributed by atoms with E-state index in [1.54, 1.807) is 18.2 Å². The molecule has 8 aromatic carbocycles. The van der Waals surface area contributed by atoms with E-state index in [1.807, 2.05) is 73.7 Å². The van der Waals surface area contributed by atoms with E-state index >= 15 is 0 Å². The Morgan fingerprint density at radius 3 is 1.71 bits per heavy atom. The Morgan fingerprint density at radius 1 is 0.490 bits per heavy atom. The van der Waals surface area contributed by atoms with Crippen molar-refractivity contribution >= 4 is 32.6 Å². The van der Waals surface area contributed by atoms with Gasteiger partial charge in [0.25, 0.3) is 0 Å². The summed E-state index contributed by atoms with van der Waals surface area (Å²) in [4.78, 5) is 4.85. The van der Waals surface area contributed by atoms with Gasteiger partial charge in [0, 0.05) is 12.1 Å². The second-order valence-electron chi connectivity index (χ2n) is 11.7. The lowest BCUT2D eigenvalue weighted by molar-refractivity contribution is 0.908. The van der Waals surface area contributed by atoms with Gasteiger partial charge in [0.2, 0.25) is 0 Å².